The van der Waals surface area contributed by atoms with E-state index in [1.165, 1.54) is 12.8 Å². The van der Waals surface area contributed by atoms with Crippen molar-refractivity contribution in [3.8, 4) is 0 Å². The van der Waals surface area contributed by atoms with Gasteiger partial charge >= 0.3 is 0 Å². The normalized spacial score (nSPS) is 27.1. The fourth-order valence-corrected chi connectivity index (χ4v) is 2.42. The first-order valence-electron chi connectivity index (χ1n) is 5.85. The summed E-state index contributed by atoms with van der Waals surface area (Å²) in [7, 11) is 0. The van der Waals surface area contributed by atoms with E-state index < -0.39 is 0 Å². The van der Waals surface area contributed by atoms with Crippen LogP contribution >= 0.6 is 11.6 Å². The quantitative estimate of drug-likeness (QED) is 0.744. The van der Waals surface area contributed by atoms with E-state index in [9.17, 15) is 4.79 Å². The Kier molecular flexibility index (Phi) is 4.45. The number of hydrogen-bond donors (Lipinski definition) is 1. The van der Waals surface area contributed by atoms with Crippen LogP contribution in [0.1, 0.15) is 46.5 Å². The number of alkyl halides is 1. The smallest absolute Gasteiger partial charge is 0.223 e. The van der Waals surface area contributed by atoms with Crippen molar-refractivity contribution in [2.24, 2.45) is 11.3 Å². The monoisotopic (exact) mass is 231 g/mol. The Morgan fingerprint density at radius 3 is 2.73 bits per heavy atom. The number of rotatable bonds is 3. The number of hydrogen-bond acceptors (Lipinski definition) is 1. The first-order valence-corrected chi connectivity index (χ1v) is 6.29. The predicted molar refractivity (Wildman–Crippen MR) is 64.1 cm³/mol. The molecular weight excluding hydrogens is 210 g/mol. The minimum absolute atomic E-state index is 0.0145. The summed E-state index contributed by atoms with van der Waals surface area (Å²) < 4.78 is 0. The van der Waals surface area contributed by atoms with Crippen LogP contribution in [0.25, 0.3) is 0 Å². The van der Waals surface area contributed by atoms with Gasteiger partial charge in [0.15, 0.2) is 0 Å². The highest BCUT2D eigenvalue weighted by Crippen LogP contribution is 2.40. The highest BCUT2D eigenvalue weighted by Gasteiger charge is 2.36. The van der Waals surface area contributed by atoms with Gasteiger partial charge in [0, 0.05) is 17.8 Å². The molecule has 0 radical (unpaired) electrons. The lowest BCUT2D eigenvalue weighted by Crippen LogP contribution is -2.42. The molecule has 2 atom stereocenters. The molecule has 0 saturated heterocycles. The minimum atomic E-state index is 0.0145. The summed E-state index contributed by atoms with van der Waals surface area (Å²) in [6.07, 6.45) is 4.61. The second-order valence-corrected chi connectivity index (χ2v) is 6.06. The van der Waals surface area contributed by atoms with Crippen molar-refractivity contribution in [3.63, 3.8) is 0 Å². The maximum absolute atomic E-state index is 11.9. The van der Waals surface area contributed by atoms with Gasteiger partial charge in [0.1, 0.15) is 0 Å². The van der Waals surface area contributed by atoms with Crippen molar-refractivity contribution >= 4 is 17.5 Å². The summed E-state index contributed by atoms with van der Waals surface area (Å²) >= 11 is 5.82. The fourth-order valence-electron chi connectivity index (χ4n) is 2.34. The number of amides is 1. The molecule has 0 bridgehead atoms. The summed E-state index contributed by atoms with van der Waals surface area (Å²) in [5, 5.41) is 2.95. The zero-order valence-electron chi connectivity index (χ0n) is 9.98. The highest BCUT2D eigenvalue weighted by molar-refractivity contribution is 6.20. The first-order chi connectivity index (χ1) is 6.93. The number of nitrogens with one attached hydrogen (secondary N) is 1. The molecule has 1 saturated carbocycles. The lowest BCUT2D eigenvalue weighted by atomic mass is 9.68. The highest BCUT2D eigenvalue weighted by atomic mass is 35.5. The van der Waals surface area contributed by atoms with E-state index in [0.717, 1.165) is 12.8 Å². The maximum atomic E-state index is 11.9. The second kappa shape index (κ2) is 5.20. The Balaban J connectivity index is 2.49. The van der Waals surface area contributed by atoms with Crippen molar-refractivity contribution in [1.29, 1.82) is 0 Å². The molecule has 88 valence electrons. The van der Waals surface area contributed by atoms with Crippen molar-refractivity contribution < 1.29 is 4.79 Å². The fraction of sp³-hybridized carbons (Fsp3) is 0.917. The average Bonchev–Trinajstić information content (AvgIpc) is 2.13. The molecule has 1 fully saturated rings. The third-order valence-corrected chi connectivity index (χ3v) is 3.54. The van der Waals surface area contributed by atoms with Gasteiger partial charge in [-0.05, 0) is 25.2 Å². The molecule has 0 aromatic heterocycles. The molecule has 1 amide bonds. The summed E-state index contributed by atoms with van der Waals surface area (Å²) in [6.45, 7) is 6.86. The van der Waals surface area contributed by atoms with Gasteiger partial charge in [-0.25, -0.2) is 0 Å². The van der Waals surface area contributed by atoms with E-state index in [1.807, 2.05) is 6.92 Å². The minimum Gasteiger partial charge on any atom is -0.354 e. The van der Waals surface area contributed by atoms with Gasteiger partial charge < -0.3 is 5.32 Å². The molecule has 1 aliphatic rings. The summed E-state index contributed by atoms with van der Waals surface area (Å²) in [5.41, 5.74) is 0.151. The van der Waals surface area contributed by atoms with Gasteiger partial charge in [-0.3, -0.25) is 4.79 Å². The Labute approximate surface area is 97.8 Å². The van der Waals surface area contributed by atoms with Crippen LogP contribution in [0.3, 0.4) is 0 Å². The Morgan fingerprint density at radius 2 is 2.20 bits per heavy atom. The Hall–Kier alpha value is -0.240. The van der Waals surface area contributed by atoms with Crippen LogP contribution in [-0.2, 0) is 4.79 Å². The van der Waals surface area contributed by atoms with Crippen LogP contribution < -0.4 is 5.32 Å². The van der Waals surface area contributed by atoms with Crippen molar-refractivity contribution in [1.82, 2.24) is 5.32 Å². The molecule has 0 heterocycles. The SMILES string of the molecule is CC(Cl)CNC(=O)C1CCCCC1(C)C. The van der Waals surface area contributed by atoms with Crippen LogP contribution in [0.15, 0.2) is 0 Å². The molecule has 2 nitrogen and oxygen atoms in total. The van der Waals surface area contributed by atoms with Crippen LogP contribution in [0, 0.1) is 11.3 Å². The number of halogens is 1. The van der Waals surface area contributed by atoms with E-state index in [4.69, 9.17) is 11.6 Å². The van der Waals surface area contributed by atoms with Gasteiger partial charge in [0.25, 0.3) is 0 Å². The van der Waals surface area contributed by atoms with Crippen LogP contribution in [0.5, 0.6) is 0 Å². The maximum Gasteiger partial charge on any atom is 0.223 e. The van der Waals surface area contributed by atoms with E-state index >= 15 is 0 Å². The third kappa shape index (κ3) is 3.67. The van der Waals surface area contributed by atoms with E-state index in [2.05, 4.69) is 19.2 Å². The molecule has 3 heteroatoms. The molecule has 2 unspecified atom stereocenters. The van der Waals surface area contributed by atoms with E-state index in [0.29, 0.717) is 6.54 Å². The first kappa shape index (κ1) is 12.8. The zero-order chi connectivity index (χ0) is 11.5. The molecule has 0 spiro atoms. The molecule has 1 aliphatic carbocycles. The number of carbonyl (C=O) groups is 1. The Bertz CT molecular complexity index is 226. The molecule has 0 aromatic rings. The molecule has 0 aliphatic heterocycles. The van der Waals surface area contributed by atoms with Gasteiger partial charge in [0.05, 0.1) is 0 Å². The predicted octanol–water partition coefficient (Wildman–Crippen LogP) is 2.95. The van der Waals surface area contributed by atoms with Crippen molar-refractivity contribution in [3.05, 3.63) is 0 Å². The molecule has 1 rings (SSSR count). The lowest BCUT2D eigenvalue weighted by Gasteiger charge is -2.37. The van der Waals surface area contributed by atoms with Crippen LogP contribution in [-0.4, -0.2) is 17.8 Å². The lowest BCUT2D eigenvalue weighted by molar-refractivity contribution is -0.130. The van der Waals surface area contributed by atoms with Gasteiger partial charge in [-0.1, -0.05) is 26.7 Å². The summed E-state index contributed by atoms with van der Waals surface area (Å²) in [6, 6.07) is 0. The van der Waals surface area contributed by atoms with E-state index in [1.54, 1.807) is 0 Å². The topological polar surface area (TPSA) is 29.1 Å². The molecule has 15 heavy (non-hydrogen) atoms. The standard InChI is InChI=1S/C12H22ClNO/c1-9(13)8-14-11(15)10-6-4-5-7-12(10,2)3/h9-10H,4-8H2,1-3H3,(H,14,15). The Morgan fingerprint density at radius 1 is 1.53 bits per heavy atom. The van der Waals surface area contributed by atoms with Gasteiger partial charge in [-0.15, -0.1) is 11.6 Å². The van der Waals surface area contributed by atoms with Gasteiger partial charge in [0.2, 0.25) is 5.91 Å². The van der Waals surface area contributed by atoms with Gasteiger partial charge in [-0.2, -0.15) is 0 Å². The summed E-state index contributed by atoms with van der Waals surface area (Å²) in [4.78, 5) is 11.9. The zero-order valence-corrected chi connectivity index (χ0v) is 10.7. The molecule has 1 N–H and O–H groups in total. The number of carbonyl (C=O) groups excluding carboxylic acids is 1. The van der Waals surface area contributed by atoms with Crippen LogP contribution in [0.2, 0.25) is 0 Å². The summed E-state index contributed by atoms with van der Waals surface area (Å²) in [5.74, 6) is 0.355. The van der Waals surface area contributed by atoms with Crippen LogP contribution in [0.4, 0.5) is 0 Å². The van der Waals surface area contributed by atoms with E-state index in [-0.39, 0.29) is 22.6 Å². The molecular formula is C12H22ClNO. The molecule has 0 aromatic carbocycles. The average molecular weight is 232 g/mol. The largest absolute Gasteiger partial charge is 0.354 e. The third-order valence-electron chi connectivity index (χ3n) is 3.38. The second-order valence-electron chi connectivity index (χ2n) is 5.31. The van der Waals surface area contributed by atoms with Crippen molar-refractivity contribution in [2.75, 3.05) is 6.54 Å². The van der Waals surface area contributed by atoms with Crippen molar-refractivity contribution in [2.45, 2.75) is 51.8 Å².